The second-order valence-corrected chi connectivity index (χ2v) is 6.67. The maximum absolute atomic E-state index is 12.5. The average Bonchev–Trinajstić information content (AvgIpc) is 3.32. The molecule has 132 valence electrons. The van der Waals surface area contributed by atoms with Gasteiger partial charge in [0.15, 0.2) is 16.7 Å². The van der Waals surface area contributed by atoms with Crippen molar-refractivity contribution in [3.8, 4) is 11.6 Å². The van der Waals surface area contributed by atoms with Gasteiger partial charge in [-0.2, -0.15) is 0 Å². The number of rotatable bonds is 5. The van der Waals surface area contributed by atoms with Crippen molar-refractivity contribution in [1.82, 2.24) is 24.3 Å². The van der Waals surface area contributed by atoms with Crippen molar-refractivity contribution in [2.75, 3.05) is 0 Å². The summed E-state index contributed by atoms with van der Waals surface area (Å²) >= 11 is 1.50. The second kappa shape index (κ2) is 6.80. The number of fused-ring (bicyclic) bond motifs is 1. The van der Waals surface area contributed by atoms with E-state index in [1.165, 1.54) is 11.8 Å². The van der Waals surface area contributed by atoms with Crippen LogP contribution in [0.4, 0.5) is 0 Å². The molecule has 4 aromatic rings. The first-order chi connectivity index (χ1) is 12.7. The molecule has 0 bridgehead atoms. The van der Waals surface area contributed by atoms with E-state index < -0.39 is 0 Å². The molecular formula is C18H17N5O2S. The molecule has 0 N–H and O–H groups in total. The van der Waals surface area contributed by atoms with Crippen LogP contribution in [-0.4, -0.2) is 24.3 Å². The average molecular weight is 367 g/mol. The van der Waals surface area contributed by atoms with Gasteiger partial charge in [-0.1, -0.05) is 23.9 Å². The molecule has 3 aromatic heterocycles. The van der Waals surface area contributed by atoms with E-state index in [2.05, 4.69) is 15.2 Å². The zero-order valence-corrected chi connectivity index (χ0v) is 15.2. The Morgan fingerprint density at radius 2 is 2.00 bits per heavy atom. The van der Waals surface area contributed by atoms with Crippen LogP contribution in [0.15, 0.2) is 57.0 Å². The third-order valence-corrected chi connectivity index (χ3v) is 5.14. The molecule has 0 aliphatic rings. The van der Waals surface area contributed by atoms with E-state index >= 15 is 0 Å². The SMILES string of the molecule is CCn1c(SCc2nc3ccccc3c(=O)n2C)nnc1-c1ccco1. The molecule has 0 saturated carbocycles. The minimum absolute atomic E-state index is 0.0422. The Bertz CT molecular complexity index is 1110. The molecule has 0 amide bonds. The number of benzene rings is 1. The fourth-order valence-electron chi connectivity index (χ4n) is 2.79. The van der Waals surface area contributed by atoms with Crippen LogP contribution in [0, 0.1) is 0 Å². The van der Waals surface area contributed by atoms with E-state index in [1.54, 1.807) is 23.9 Å². The Kier molecular flexibility index (Phi) is 4.34. The van der Waals surface area contributed by atoms with Crippen LogP contribution >= 0.6 is 11.8 Å². The quantitative estimate of drug-likeness (QED) is 0.504. The third-order valence-electron chi connectivity index (χ3n) is 4.18. The van der Waals surface area contributed by atoms with Gasteiger partial charge in [-0.3, -0.25) is 13.9 Å². The van der Waals surface area contributed by atoms with Crippen LogP contribution in [-0.2, 0) is 19.3 Å². The van der Waals surface area contributed by atoms with Crippen molar-refractivity contribution in [3.05, 3.63) is 58.8 Å². The highest BCUT2D eigenvalue weighted by Gasteiger charge is 2.16. The Morgan fingerprint density at radius 1 is 1.15 bits per heavy atom. The summed E-state index contributed by atoms with van der Waals surface area (Å²) < 4.78 is 9.01. The monoisotopic (exact) mass is 367 g/mol. The predicted octanol–water partition coefficient (Wildman–Crippen LogP) is 3.10. The topological polar surface area (TPSA) is 78.7 Å². The molecule has 0 atom stereocenters. The summed E-state index contributed by atoms with van der Waals surface area (Å²) in [5, 5.41) is 9.90. The second-order valence-electron chi connectivity index (χ2n) is 5.73. The maximum Gasteiger partial charge on any atom is 0.261 e. The summed E-state index contributed by atoms with van der Waals surface area (Å²) in [6.07, 6.45) is 1.62. The van der Waals surface area contributed by atoms with E-state index in [0.717, 1.165) is 11.7 Å². The first kappa shape index (κ1) is 16.6. The van der Waals surface area contributed by atoms with Gasteiger partial charge in [0.05, 0.1) is 22.9 Å². The Morgan fingerprint density at radius 3 is 2.77 bits per heavy atom. The molecule has 0 radical (unpaired) electrons. The maximum atomic E-state index is 12.5. The lowest BCUT2D eigenvalue weighted by molar-refractivity contribution is 0.567. The molecule has 0 saturated heterocycles. The molecule has 26 heavy (non-hydrogen) atoms. The molecule has 0 fully saturated rings. The lowest BCUT2D eigenvalue weighted by Crippen LogP contribution is -2.22. The zero-order chi connectivity index (χ0) is 18.1. The molecule has 0 aliphatic carbocycles. The van der Waals surface area contributed by atoms with Gasteiger partial charge in [0.2, 0.25) is 0 Å². The normalized spacial score (nSPS) is 11.3. The van der Waals surface area contributed by atoms with Gasteiger partial charge in [0.25, 0.3) is 5.56 Å². The first-order valence-corrected chi connectivity index (χ1v) is 9.22. The number of aromatic nitrogens is 5. The minimum atomic E-state index is -0.0422. The number of para-hydroxylation sites is 1. The molecule has 0 aliphatic heterocycles. The van der Waals surface area contributed by atoms with Crippen LogP contribution in [0.5, 0.6) is 0 Å². The summed E-state index contributed by atoms with van der Waals surface area (Å²) in [6.45, 7) is 2.75. The van der Waals surface area contributed by atoms with Gasteiger partial charge in [-0.05, 0) is 31.2 Å². The Balaban J connectivity index is 1.65. The van der Waals surface area contributed by atoms with E-state index in [-0.39, 0.29) is 5.56 Å². The fourth-order valence-corrected chi connectivity index (χ4v) is 3.78. The van der Waals surface area contributed by atoms with E-state index in [0.29, 0.717) is 34.1 Å². The van der Waals surface area contributed by atoms with Gasteiger partial charge in [0, 0.05) is 13.6 Å². The largest absolute Gasteiger partial charge is 0.461 e. The Hall–Kier alpha value is -2.87. The van der Waals surface area contributed by atoms with Crippen LogP contribution in [0.1, 0.15) is 12.7 Å². The number of hydrogen-bond donors (Lipinski definition) is 0. The van der Waals surface area contributed by atoms with Crippen molar-refractivity contribution in [2.24, 2.45) is 7.05 Å². The van der Waals surface area contributed by atoms with Gasteiger partial charge < -0.3 is 4.42 Å². The molecule has 8 heteroatoms. The molecule has 0 unspecified atom stereocenters. The fraction of sp³-hybridized carbons (Fsp3) is 0.222. The standard InChI is InChI=1S/C18H17N5O2S/c1-3-23-16(14-9-6-10-25-14)20-21-18(23)26-11-15-19-13-8-5-4-7-12(13)17(24)22(15)2/h4-10H,3,11H2,1-2H3. The summed E-state index contributed by atoms with van der Waals surface area (Å²) in [5.74, 6) is 2.60. The predicted molar refractivity (Wildman–Crippen MR) is 99.9 cm³/mol. The highest BCUT2D eigenvalue weighted by Crippen LogP contribution is 2.26. The summed E-state index contributed by atoms with van der Waals surface area (Å²) in [6, 6.07) is 11.1. The van der Waals surface area contributed by atoms with E-state index in [4.69, 9.17) is 4.42 Å². The summed E-state index contributed by atoms with van der Waals surface area (Å²) in [7, 11) is 1.75. The highest BCUT2D eigenvalue weighted by molar-refractivity contribution is 7.98. The number of hydrogen-bond acceptors (Lipinski definition) is 6. The van der Waals surface area contributed by atoms with Gasteiger partial charge >= 0.3 is 0 Å². The van der Waals surface area contributed by atoms with E-state index in [9.17, 15) is 4.79 Å². The molecule has 4 rings (SSSR count). The van der Waals surface area contributed by atoms with Crippen molar-refractivity contribution in [2.45, 2.75) is 24.4 Å². The Labute approximate surface area is 153 Å². The van der Waals surface area contributed by atoms with E-state index in [1.807, 2.05) is 41.8 Å². The van der Waals surface area contributed by atoms with Crippen LogP contribution in [0.2, 0.25) is 0 Å². The van der Waals surface area contributed by atoms with Crippen molar-refractivity contribution in [3.63, 3.8) is 0 Å². The molecule has 1 aromatic carbocycles. The summed E-state index contributed by atoms with van der Waals surface area (Å²) in [4.78, 5) is 17.1. The smallest absolute Gasteiger partial charge is 0.261 e. The first-order valence-electron chi connectivity index (χ1n) is 8.23. The van der Waals surface area contributed by atoms with Gasteiger partial charge in [-0.25, -0.2) is 4.98 Å². The molecule has 7 nitrogen and oxygen atoms in total. The molecule has 3 heterocycles. The van der Waals surface area contributed by atoms with Crippen molar-refractivity contribution >= 4 is 22.7 Å². The highest BCUT2D eigenvalue weighted by atomic mass is 32.2. The van der Waals surface area contributed by atoms with Gasteiger partial charge in [0.1, 0.15) is 5.82 Å². The molecular weight excluding hydrogens is 350 g/mol. The minimum Gasteiger partial charge on any atom is -0.461 e. The zero-order valence-electron chi connectivity index (χ0n) is 14.4. The van der Waals surface area contributed by atoms with Crippen LogP contribution in [0.3, 0.4) is 0 Å². The number of thioether (sulfide) groups is 1. The van der Waals surface area contributed by atoms with Crippen molar-refractivity contribution in [1.29, 1.82) is 0 Å². The van der Waals surface area contributed by atoms with Crippen molar-refractivity contribution < 1.29 is 4.42 Å². The number of nitrogens with zero attached hydrogens (tertiary/aromatic N) is 5. The summed E-state index contributed by atoms with van der Waals surface area (Å²) in [5.41, 5.74) is 0.666. The number of furan rings is 1. The third kappa shape index (κ3) is 2.82. The van der Waals surface area contributed by atoms with Crippen LogP contribution in [0.25, 0.3) is 22.5 Å². The lowest BCUT2D eigenvalue weighted by Gasteiger charge is -2.09. The van der Waals surface area contributed by atoms with Crippen LogP contribution < -0.4 is 5.56 Å². The molecule has 0 spiro atoms. The van der Waals surface area contributed by atoms with Gasteiger partial charge in [-0.15, -0.1) is 10.2 Å². The lowest BCUT2D eigenvalue weighted by atomic mass is 10.2.